The molecule has 2 amide bonds. The van der Waals surface area contributed by atoms with Crippen LogP contribution < -0.4 is 0 Å². The number of rotatable bonds is 3. The Bertz CT molecular complexity index is 409. The zero-order valence-corrected chi connectivity index (χ0v) is 13.9. The van der Waals surface area contributed by atoms with Gasteiger partial charge in [-0.15, -0.1) is 0 Å². The van der Waals surface area contributed by atoms with Crippen LogP contribution in [0.3, 0.4) is 0 Å². The molecule has 0 bridgehead atoms. The second-order valence-electron chi connectivity index (χ2n) is 6.88. The molecule has 0 saturated carbocycles. The lowest BCUT2D eigenvalue weighted by atomic mass is 9.93. The first kappa shape index (κ1) is 16.7. The minimum atomic E-state index is 0.0789. The van der Waals surface area contributed by atoms with Gasteiger partial charge in [-0.2, -0.15) is 0 Å². The molecule has 0 radical (unpaired) electrons. The highest BCUT2D eigenvalue weighted by Gasteiger charge is 2.31. The lowest BCUT2D eigenvalue weighted by Crippen LogP contribution is -2.47. The van der Waals surface area contributed by atoms with Gasteiger partial charge >= 0.3 is 0 Å². The van der Waals surface area contributed by atoms with E-state index >= 15 is 0 Å². The van der Waals surface area contributed by atoms with Crippen molar-refractivity contribution in [3.8, 4) is 0 Å². The third-order valence-electron chi connectivity index (χ3n) is 5.24. The first-order valence-corrected chi connectivity index (χ1v) is 8.96. The summed E-state index contributed by atoms with van der Waals surface area (Å²) in [5.41, 5.74) is 0. The van der Waals surface area contributed by atoms with Crippen molar-refractivity contribution in [3.05, 3.63) is 0 Å². The Morgan fingerprint density at radius 1 is 0.870 bits per heavy atom. The molecule has 0 spiro atoms. The molecule has 0 aliphatic carbocycles. The topological polar surface area (TPSA) is 59.1 Å². The number of piperidine rings is 1. The van der Waals surface area contributed by atoms with Gasteiger partial charge in [-0.3, -0.25) is 9.59 Å². The van der Waals surface area contributed by atoms with E-state index in [2.05, 4.69) is 0 Å². The largest absolute Gasteiger partial charge is 0.381 e. The fourth-order valence-electron chi connectivity index (χ4n) is 3.76. The Hall–Kier alpha value is -1.14. The quantitative estimate of drug-likeness (QED) is 0.774. The molecule has 23 heavy (non-hydrogen) atoms. The van der Waals surface area contributed by atoms with Gasteiger partial charge in [0, 0.05) is 51.7 Å². The molecule has 0 aromatic heterocycles. The second-order valence-corrected chi connectivity index (χ2v) is 6.88. The van der Waals surface area contributed by atoms with Crippen LogP contribution in [0.15, 0.2) is 0 Å². The SMILES string of the molecule is O=C(C[C@H]1CCCOC1)N1CCC(C(=O)N2CCOCC2)CC1. The number of morpholine rings is 1. The van der Waals surface area contributed by atoms with Crippen molar-refractivity contribution in [2.45, 2.75) is 32.1 Å². The summed E-state index contributed by atoms with van der Waals surface area (Å²) in [4.78, 5) is 28.8. The van der Waals surface area contributed by atoms with Crippen LogP contribution >= 0.6 is 0 Å². The summed E-state index contributed by atoms with van der Waals surface area (Å²) in [6.07, 6.45) is 4.35. The van der Waals surface area contributed by atoms with Gasteiger partial charge in [-0.1, -0.05) is 0 Å². The summed E-state index contributed by atoms with van der Waals surface area (Å²) in [5.74, 6) is 0.943. The second kappa shape index (κ2) is 8.11. The molecule has 3 aliphatic heterocycles. The number of carbonyl (C=O) groups is 2. The molecule has 6 nitrogen and oxygen atoms in total. The summed E-state index contributed by atoms with van der Waals surface area (Å²) in [7, 11) is 0. The summed E-state index contributed by atoms with van der Waals surface area (Å²) in [6, 6.07) is 0. The molecule has 0 unspecified atom stereocenters. The molecular formula is C17H28N2O4. The molecule has 1 atom stereocenters. The highest BCUT2D eigenvalue weighted by molar-refractivity contribution is 5.80. The molecule has 6 heteroatoms. The van der Waals surface area contributed by atoms with E-state index in [0.29, 0.717) is 51.7 Å². The molecule has 3 rings (SSSR count). The Kier molecular flexibility index (Phi) is 5.89. The van der Waals surface area contributed by atoms with Crippen molar-refractivity contribution in [2.75, 3.05) is 52.6 Å². The molecule has 3 aliphatic rings. The van der Waals surface area contributed by atoms with Crippen molar-refractivity contribution in [2.24, 2.45) is 11.8 Å². The Morgan fingerprint density at radius 3 is 2.26 bits per heavy atom. The fourth-order valence-corrected chi connectivity index (χ4v) is 3.76. The normalized spacial score (nSPS) is 27.0. The molecule has 3 fully saturated rings. The van der Waals surface area contributed by atoms with Crippen LogP contribution in [-0.2, 0) is 19.1 Å². The molecule has 130 valence electrons. The van der Waals surface area contributed by atoms with Gasteiger partial charge in [0.15, 0.2) is 0 Å². The maximum atomic E-state index is 12.5. The van der Waals surface area contributed by atoms with Crippen molar-refractivity contribution in [1.82, 2.24) is 9.80 Å². The van der Waals surface area contributed by atoms with Crippen LogP contribution in [0, 0.1) is 11.8 Å². The van der Waals surface area contributed by atoms with Crippen LogP contribution in [-0.4, -0.2) is 74.2 Å². The van der Waals surface area contributed by atoms with Crippen LogP contribution in [0.1, 0.15) is 32.1 Å². The summed E-state index contributed by atoms with van der Waals surface area (Å²) >= 11 is 0. The zero-order chi connectivity index (χ0) is 16.1. The average Bonchev–Trinajstić information content (AvgIpc) is 2.63. The van der Waals surface area contributed by atoms with E-state index in [9.17, 15) is 9.59 Å². The van der Waals surface area contributed by atoms with E-state index in [1.165, 1.54) is 0 Å². The van der Waals surface area contributed by atoms with Gasteiger partial charge in [0.2, 0.25) is 11.8 Å². The lowest BCUT2D eigenvalue weighted by molar-refractivity contribution is -0.144. The van der Waals surface area contributed by atoms with Gasteiger partial charge in [-0.05, 0) is 31.6 Å². The molecule has 3 saturated heterocycles. The number of hydrogen-bond acceptors (Lipinski definition) is 4. The maximum absolute atomic E-state index is 12.5. The predicted molar refractivity (Wildman–Crippen MR) is 84.9 cm³/mol. The minimum absolute atomic E-state index is 0.0789. The Morgan fingerprint density at radius 2 is 1.61 bits per heavy atom. The van der Waals surface area contributed by atoms with Crippen LogP contribution in [0.5, 0.6) is 0 Å². The van der Waals surface area contributed by atoms with E-state index in [-0.39, 0.29) is 17.7 Å². The number of nitrogens with zero attached hydrogens (tertiary/aromatic N) is 2. The van der Waals surface area contributed by atoms with E-state index in [1.54, 1.807) is 0 Å². The highest BCUT2D eigenvalue weighted by Crippen LogP contribution is 2.23. The fraction of sp³-hybridized carbons (Fsp3) is 0.882. The first-order chi connectivity index (χ1) is 11.2. The summed E-state index contributed by atoms with van der Waals surface area (Å²) in [6.45, 7) is 5.69. The van der Waals surface area contributed by atoms with Crippen molar-refractivity contribution in [1.29, 1.82) is 0 Å². The number of amides is 2. The van der Waals surface area contributed by atoms with Gasteiger partial charge in [0.05, 0.1) is 13.2 Å². The Labute approximate surface area is 138 Å². The third kappa shape index (κ3) is 4.44. The monoisotopic (exact) mass is 324 g/mol. The third-order valence-corrected chi connectivity index (χ3v) is 5.24. The first-order valence-electron chi connectivity index (χ1n) is 8.96. The van der Waals surface area contributed by atoms with E-state index < -0.39 is 0 Å². The molecule has 0 aromatic carbocycles. The van der Waals surface area contributed by atoms with Crippen LogP contribution in [0.2, 0.25) is 0 Å². The van der Waals surface area contributed by atoms with E-state index in [1.807, 2.05) is 9.80 Å². The maximum Gasteiger partial charge on any atom is 0.225 e. The van der Waals surface area contributed by atoms with E-state index in [0.717, 1.165) is 38.9 Å². The molecular weight excluding hydrogens is 296 g/mol. The molecule has 0 aromatic rings. The van der Waals surface area contributed by atoms with Gasteiger partial charge < -0.3 is 19.3 Å². The van der Waals surface area contributed by atoms with Crippen molar-refractivity contribution < 1.29 is 19.1 Å². The predicted octanol–water partition coefficient (Wildman–Crippen LogP) is 0.901. The van der Waals surface area contributed by atoms with Gasteiger partial charge in [0.25, 0.3) is 0 Å². The smallest absolute Gasteiger partial charge is 0.225 e. The van der Waals surface area contributed by atoms with Gasteiger partial charge in [-0.25, -0.2) is 0 Å². The van der Waals surface area contributed by atoms with Crippen molar-refractivity contribution >= 4 is 11.8 Å². The minimum Gasteiger partial charge on any atom is -0.381 e. The van der Waals surface area contributed by atoms with Crippen LogP contribution in [0.25, 0.3) is 0 Å². The number of hydrogen-bond donors (Lipinski definition) is 0. The molecule has 0 N–H and O–H groups in total. The standard InChI is InChI=1S/C17H28N2O4/c20-16(12-14-2-1-9-23-13-14)18-5-3-15(4-6-18)17(21)19-7-10-22-11-8-19/h14-15H,1-13H2/t14-/m1/s1. The zero-order valence-electron chi connectivity index (χ0n) is 13.9. The highest BCUT2D eigenvalue weighted by atomic mass is 16.5. The lowest BCUT2D eigenvalue weighted by Gasteiger charge is -2.36. The molecule has 3 heterocycles. The summed E-state index contributed by atoms with van der Waals surface area (Å²) < 4.78 is 10.8. The average molecular weight is 324 g/mol. The Balaban J connectivity index is 1.42. The number of likely N-dealkylation sites (tertiary alicyclic amines) is 1. The van der Waals surface area contributed by atoms with E-state index in [4.69, 9.17) is 9.47 Å². The number of carbonyl (C=O) groups excluding carboxylic acids is 2. The van der Waals surface area contributed by atoms with Crippen LogP contribution in [0.4, 0.5) is 0 Å². The summed E-state index contributed by atoms with van der Waals surface area (Å²) in [5, 5.41) is 0. The number of ether oxygens (including phenoxy) is 2. The van der Waals surface area contributed by atoms with Gasteiger partial charge in [0.1, 0.15) is 0 Å². The van der Waals surface area contributed by atoms with Crippen molar-refractivity contribution in [3.63, 3.8) is 0 Å².